The molecule has 0 saturated heterocycles. The lowest BCUT2D eigenvalue weighted by atomic mass is 10.1. The second-order valence-corrected chi connectivity index (χ2v) is 5.82. The van der Waals surface area contributed by atoms with Gasteiger partial charge in [-0.15, -0.1) is 0 Å². The lowest BCUT2D eigenvalue weighted by Gasteiger charge is -2.03. The first kappa shape index (κ1) is 16.4. The van der Waals surface area contributed by atoms with Gasteiger partial charge in [-0.2, -0.15) is 10.1 Å². The molecule has 3 N–H and O–H groups in total. The van der Waals surface area contributed by atoms with Crippen molar-refractivity contribution >= 4 is 17.0 Å². The fourth-order valence-electron chi connectivity index (χ4n) is 2.80. The van der Waals surface area contributed by atoms with Gasteiger partial charge in [-0.1, -0.05) is 43.2 Å². The molecule has 0 spiro atoms. The molecule has 126 valence electrons. The molecule has 0 bridgehead atoms. The van der Waals surface area contributed by atoms with Gasteiger partial charge in [0.25, 0.3) is 0 Å². The summed E-state index contributed by atoms with van der Waals surface area (Å²) in [4.78, 5) is 8.97. The number of aryl methyl sites for hydroxylation is 1. The minimum Gasteiger partial charge on any atom is -0.357 e. The molecular formula is C18H24N6. The Hall–Kier alpha value is -2.47. The number of hydrogen-bond acceptors (Lipinski definition) is 5. The number of nitrogens with two attached hydrogens (primary N) is 1. The van der Waals surface area contributed by atoms with Crippen LogP contribution >= 0.6 is 0 Å². The van der Waals surface area contributed by atoms with Crippen LogP contribution in [-0.2, 0) is 6.54 Å². The molecule has 0 aliphatic heterocycles. The van der Waals surface area contributed by atoms with Crippen molar-refractivity contribution in [1.29, 1.82) is 0 Å². The van der Waals surface area contributed by atoms with E-state index in [1.165, 1.54) is 0 Å². The van der Waals surface area contributed by atoms with Crippen molar-refractivity contribution in [3.8, 4) is 11.3 Å². The van der Waals surface area contributed by atoms with Crippen molar-refractivity contribution in [3.63, 3.8) is 0 Å². The van der Waals surface area contributed by atoms with E-state index >= 15 is 0 Å². The smallest absolute Gasteiger partial charge is 0.224 e. The van der Waals surface area contributed by atoms with Crippen molar-refractivity contribution in [1.82, 2.24) is 19.7 Å². The molecule has 6 heteroatoms. The van der Waals surface area contributed by atoms with Crippen molar-refractivity contribution in [2.75, 3.05) is 18.9 Å². The van der Waals surface area contributed by atoms with Crippen LogP contribution in [0, 0.1) is 0 Å². The number of nitrogens with one attached hydrogen (secondary N) is 1. The minimum absolute atomic E-state index is 0.617. The summed E-state index contributed by atoms with van der Waals surface area (Å²) in [5.74, 6) is 0.617. The largest absolute Gasteiger partial charge is 0.357 e. The van der Waals surface area contributed by atoms with Crippen molar-refractivity contribution in [2.24, 2.45) is 5.73 Å². The molecule has 24 heavy (non-hydrogen) atoms. The lowest BCUT2D eigenvalue weighted by molar-refractivity contribution is 0.547. The van der Waals surface area contributed by atoms with E-state index in [9.17, 15) is 0 Å². The highest BCUT2D eigenvalue weighted by molar-refractivity contribution is 5.91. The lowest BCUT2D eigenvalue weighted by Crippen LogP contribution is -2.04. The van der Waals surface area contributed by atoms with Crippen molar-refractivity contribution in [3.05, 3.63) is 36.5 Å². The van der Waals surface area contributed by atoms with E-state index < -0.39 is 0 Å². The fraction of sp³-hybridized carbons (Fsp3) is 0.389. The summed E-state index contributed by atoms with van der Waals surface area (Å²) in [6, 6.07) is 10.2. The highest BCUT2D eigenvalue weighted by Crippen LogP contribution is 2.27. The summed E-state index contributed by atoms with van der Waals surface area (Å²) in [6.45, 7) is 1.62. The quantitative estimate of drug-likeness (QED) is 0.622. The van der Waals surface area contributed by atoms with Gasteiger partial charge in [0.15, 0.2) is 5.65 Å². The monoisotopic (exact) mass is 324 g/mol. The molecule has 2 aromatic heterocycles. The number of anilines is 1. The first-order valence-corrected chi connectivity index (χ1v) is 8.50. The van der Waals surface area contributed by atoms with Crippen LogP contribution in [0.3, 0.4) is 0 Å². The first-order chi connectivity index (χ1) is 11.8. The molecule has 0 aliphatic rings. The van der Waals surface area contributed by atoms with Gasteiger partial charge in [0.2, 0.25) is 5.95 Å². The Morgan fingerprint density at radius 3 is 2.62 bits per heavy atom. The molecule has 0 aliphatic carbocycles. The number of fused-ring (bicyclic) bond motifs is 1. The van der Waals surface area contributed by atoms with Gasteiger partial charge in [-0.25, -0.2) is 9.67 Å². The Morgan fingerprint density at radius 1 is 1.08 bits per heavy atom. The highest BCUT2D eigenvalue weighted by Gasteiger charge is 2.14. The predicted molar refractivity (Wildman–Crippen MR) is 97.8 cm³/mol. The Labute approximate surface area is 142 Å². The summed E-state index contributed by atoms with van der Waals surface area (Å²) in [5, 5.41) is 8.80. The summed E-state index contributed by atoms with van der Waals surface area (Å²) < 4.78 is 2.00. The molecule has 2 heterocycles. The average molecular weight is 324 g/mol. The standard InChI is InChI=1S/C18H24N6/c1-20-18-21-13-15-16(14-9-5-4-6-10-14)23-24(17(15)22-18)12-8-3-2-7-11-19/h4-6,9-10,13H,2-3,7-8,11-12,19H2,1H3,(H,20,21,22). The fourth-order valence-corrected chi connectivity index (χ4v) is 2.80. The van der Waals surface area contributed by atoms with Gasteiger partial charge in [0.1, 0.15) is 5.69 Å². The maximum Gasteiger partial charge on any atom is 0.224 e. The maximum absolute atomic E-state index is 5.55. The second-order valence-electron chi connectivity index (χ2n) is 5.82. The van der Waals surface area contributed by atoms with E-state index in [1.807, 2.05) is 36.1 Å². The number of benzene rings is 1. The van der Waals surface area contributed by atoms with Gasteiger partial charge in [0.05, 0.1) is 5.39 Å². The van der Waals surface area contributed by atoms with Crippen LogP contribution in [0.5, 0.6) is 0 Å². The molecule has 6 nitrogen and oxygen atoms in total. The average Bonchev–Trinajstić information content (AvgIpc) is 3.00. The number of nitrogens with zero attached hydrogens (tertiary/aromatic N) is 4. The molecular weight excluding hydrogens is 300 g/mol. The zero-order valence-electron chi connectivity index (χ0n) is 14.1. The third-order valence-electron chi connectivity index (χ3n) is 4.08. The maximum atomic E-state index is 5.55. The molecule has 0 atom stereocenters. The Balaban J connectivity index is 1.92. The SMILES string of the molecule is CNc1ncc2c(-c3ccccc3)nn(CCCCCCN)c2n1. The van der Waals surface area contributed by atoms with Gasteiger partial charge < -0.3 is 11.1 Å². The third-order valence-corrected chi connectivity index (χ3v) is 4.08. The van der Waals surface area contributed by atoms with Gasteiger partial charge in [0, 0.05) is 25.4 Å². The van der Waals surface area contributed by atoms with Crippen LogP contribution in [-0.4, -0.2) is 33.3 Å². The molecule has 0 fully saturated rings. The summed E-state index contributed by atoms with van der Waals surface area (Å²) in [5.41, 5.74) is 8.46. The van der Waals surface area contributed by atoms with E-state index in [0.717, 1.165) is 61.1 Å². The first-order valence-electron chi connectivity index (χ1n) is 8.50. The molecule has 0 unspecified atom stereocenters. The summed E-state index contributed by atoms with van der Waals surface area (Å²) >= 11 is 0. The number of aromatic nitrogens is 4. The Bertz CT molecular complexity index is 781. The van der Waals surface area contributed by atoms with Crippen LogP contribution in [0.2, 0.25) is 0 Å². The van der Waals surface area contributed by atoms with E-state index in [0.29, 0.717) is 5.95 Å². The molecule has 0 saturated carbocycles. The van der Waals surface area contributed by atoms with Gasteiger partial charge >= 0.3 is 0 Å². The van der Waals surface area contributed by atoms with E-state index in [4.69, 9.17) is 10.8 Å². The number of hydrogen-bond donors (Lipinski definition) is 2. The summed E-state index contributed by atoms with van der Waals surface area (Å²) in [7, 11) is 1.83. The predicted octanol–water partition coefficient (Wildman–Crippen LogP) is 3.05. The Morgan fingerprint density at radius 2 is 1.88 bits per heavy atom. The second kappa shape index (κ2) is 7.88. The molecule has 0 radical (unpaired) electrons. The number of unbranched alkanes of at least 4 members (excludes halogenated alkanes) is 3. The zero-order chi connectivity index (χ0) is 16.8. The van der Waals surface area contributed by atoms with Crippen LogP contribution in [0.25, 0.3) is 22.3 Å². The van der Waals surface area contributed by atoms with Gasteiger partial charge in [-0.05, 0) is 19.4 Å². The molecule has 3 rings (SSSR count). The van der Waals surface area contributed by atoms with Crippen molar-refractivity contribution < 1.29 is 0 Å². The normalized spacial score (nSPS) is 11.1. The van der Waals surface area contributed by atoms with Crippen LogP contribution in [0.1, 0.15) is 25.7 Å². The third kappa shape index (κ3) is 3.54. The highest BCUT2D eigenvalue weighted by atomic mass is 15.3. The topological polar surface area (TPSA) is 81.7 Å². The molecule has 1 aromatic carbocycles. The molecule has 3 aromatic rings. The Kier molecular flexibility index (Phi) is 5.38. The van der Waals surface area contributed by atoms with Crippen molar-refractivity contribution in [2.45, 2.75) is 32.2 Å². The van der Waals surface area contributed by atoms with Crippen LogP contribution in [0.4, 0.5) is 5.95 Å². The number of rotatable bonds is 8. The zero-order valence-corrected chi connectivity index (χ0v) is 14.1. The van der Waals surface area contributed by atoms with E-state index in [-0.39, 0.29) is 0 Å². The summed E-state index contributed by atoms with van der Waals surface area (Å²) in [6.07, 6.45) is 6.33. The van der Waals surface area contributed by atoms with Gasteiger partial charge in [-0.3, -0.25) is 0 Å². The van der Waals surface area contributed by atoms with Crippen LogP contribution < -0.4 is 11.1 Å². The van der Waals surface area contributed by atoms with E-state index in [1.54, 1.807) is 0 Å². The van der Waals surface area contributed by atoms with E-state index in [2.05, 4.69) is 27.4 Å². The minimum atomic E-state index is 0.617. The molecule has 0 amide bonds. The van der Waals surface area contributed by atoms with Crippen LogP contribution in [0.15, 0.2) is 36.5 Å².